The van der Waals surface area contributed by atoms with Gasteiger partial charge >= 0.3 is 0 Å². The number of hydrogen-bond acceptors (Lipinski definition) is 3. The summed E-state index contributed by atoms with van der Waals surface area (Å²) in [6.07, 6.45) is 0.684. The molecule has 0 aliphatic carbocycles. The van der Waals surface area contributed by atoms with Gasteiger partial charge < -0.3 is 15.7 Å². The molecule has 1 amide bonds. The van der Waals surface area contributed by atoms with Gasteiger partial charge in [-0.05, 0) is 39.3 Å². The van der Waals surface area contributed by atoms with Crippen molar-refractivity contribution in [2.24, 2.45) is 0 Å². The second kappa shape index (κ2) is 4.53. The fourth-order valence-electron chi connectivity index (χ4n) is 2.00. The zero-order valence-electron chi connectivity index (χ0n) is 11.9. The molecule has 0 spiro atoms. The summed E-state index contributed by atoms with van der Waals surface area (Å²) in [5.41, 5.74) is 0.515. The topological polar surface area (TPSA) is 61.4 Å². The van der Waals surface area contributed by atoms with Crippen molar-refractivity contribution in [2.75, 3.05) is 5.32 Å². The van der Waals surface area contributed by atoms with Crippen molar-refractivity contribution in [1.82, 2.24) is 5.32 Å². The van der Waals surface area contributed by atoms with Crippen LogP contribution in [0, 0.1) is 0 Å². The fourth-order valence-corrected chi connectivity index (χ4v) is 2.00. The van der Waals surface area contributed by atoms with E-state index in [2.05, 4.69) is 10.6 Å². The number of para-hydroxylation sites is 1. The summed E-state index contributed by atoms with van der Waals surface area (Å²) >= 11 is 0. The molecule has 0 radical (unpaired) electrons. The second-order valence-electron chi connectivity index (χ2n) is 6.23. The molecule has 19 heavy (non-hydrogen) atoms. The number of rotatable bonds is 3. The van der Waals surface area contributed by atoms with Crippen LogP contribution >= 0.6 is 0 Å². The fraction of sp³-hybridized carbons (Fsp3) is 0.533. The molecule has 1 aliphatic rings. The predicted octanol–water partition coefficient (Wildman–Crippen LogP) is 1.69. The summed E-state index contributed by atoms with van der Waals surface area (Å²) < 4.78 is 0. The highest BCUT2D eigenvalue weighted by Crippen LogP contribution is 2.26. The quantitative estimate of drug-likeness (QED) is 0.777. The number of benzene rings is 1. The summed E-state index contributed by atoms with van der Waals surface area (Å²) in [6, 6.07) is 7.66. The zero-order chi connectivity index (χ0) is 14.3. The first-order chi connectivity index (χ1) is 8.71. The maximum Gasteiger partial charge on any atom is 0.243 e. The Bertz CT molecular complexity index is 464. The van der Waals surface area contributed by atoms with E-state index in [9.17, 15) is 9.90 Å². The van der Waals surface area contributed by atoms with Crippen molar-refractivity contribution in [3.63, 3.8) is 0 Å². The molecule has 4 nitrogen and oxygen atoms in total. The van der Waals surface area contributed by atoms with E-state index in [-0.39, 0.29) is 11.9 Å². The molecule has 1 atom stereocenters. The third kappa shape index (κ3) is 2.73. The number of aliphatic hydroxyl groups is 1. The Morgan fingerprint density at radius 3 is 2.53 bits per heavy atom. The third-order valence-electron chi connectivity index (χ3n) is 4.05. The number of carbonyl (C=O) groups is 1. The molecule has 1 aliphatic heterocycles. The minimum Gasteiger partial charge on any atom is -0.388 e. The Morgan fingerprint density at radius 2 is 1.95 bits per heavy atom. The Hall–Kier alpha value is -1.55. The van der Waals surface area contributed by atoms with Crippen molar-refractivity contribution in [3.8, 4) is 0 Å². The van der Waals surface area contributed by atoms with Gasteiger partial charge in [-0.25, -0.2) is 0 Å². The molecule has 0 saturated heterocycles. The molecular weight excluding hydrogens is 240 g/mol. The number of nitrogens with one attached hydrogen (secondary N) is 2. The highest BCUT2D eigenvalue weighted by Gasteiger charge is 2.38. The average molecular weight is 262 g/mol. The summed E-state index contributed by atoms with van der Waals surface area (Å²) in [5, 5.41) is 16.2. The van der Waals surface area contributed by atoms with Gasteiger partial charge in [0.2, 0.25) is 5.91 Å². The zero-order valence-corrected chi connectivity index (χ0v) is 11.9. The lowest BCUT2D eigenvalue weighted by atomic mass is 9.85. The van der Waals surface area contributed by atoms with Crippen LogP contribution in [-0.2, 0) is 11.2 Å². The lowest BCUT2D eigenvalue weighted by Gasteiger charge is -2.38. The molecule has 2 rings (SSSR count). The number of anilines is 1. The largest absolute Gasteiger partial charge is 0.388 e. The standard InChI is InChI=1S/C15H22N2O2/c1-14(2,15(3,4)19)17-13(18)12-9-10-7-5-6-8-11(10)16-12/h5-8,12,16,19H,9H2,1-4H3,(H,17,18). The minimum absolute atomic E-state index is 0.0803. The number of hydrogen-bond donors (Lipinski definition) is 3. The van der Waals surface area contributed by atoms with Gasteiger partial charge in [0.15, 0.2) is 0 Å². The van der Waals surface area contributed by atoms with Crippen LogP contribution in [0.4, 0.5) is 5.69 Å². The normalized spacial score (nSPS) is 18.7. The first kappa shape index (κ1) is 13.9. The molecule has 1 unspecified atom stereocenters. The Balaban J connectivity index is 2.05. The maximum absolute atomic E-state index is 12.3. The summed E-state index contributed by atoms with van der Waals surface area (Å²) in [6.45, 7) is 7.05. The first-order valence-electron chi connectivity index (χ1n) is 6.59. The van der Waals surface area contributed by atoms with Crippen molar-refractivity contribution in [3.05, 3.63) is 29.8 Å². The molecule has 1 aromatic carbocycles. The Labute approximate surface area is 114 Å². The van der Waals surface area contributed by atoms with E-state index >= 15 is 0 Å². The molecule has 4 heteroatoms. The van der Waals surface area contributed by atoms with Gasteiger partial charge in [0.05, 0.1) is 11.1 Å². The Kier molecular flexibility index (Phi) is 3.31. The van der Waals surface area contributed by atoms with E-state index in [0.29, 0.717) is 6.42 Å². The minimum atomic E-state index is -0.978. The molecule has 0 fully saturated rings. The van der Waals surface area contributed by atoms with Crippen molar-refractivity contribution >= 4 is 11.6 Å². The smallest absolute Gasteiger partial charge is 0.243 e. The van der Waals surface area contributed by atoms with E-state index in [4.69, 9.17) is 0 Å². The molecular formula is C15H22N2O2. The molecule has 1 heterocycles. The van der Waals surface area contributed by atoms with Crippen molar-refractivity contribution in [2.45, 2.75) is 51.3 Å². The van der Waals surface area contributed by atoms with E-state index in [1.54, 1.807) is 13.8 Å². The van der Waals surface area contributed by atoms with Crippen LogP contribution in [-0.4, -0.2) is 28.2 Å². The van der Waals surface area contributed by atoms with E-state index in [1.165, 1.54) is 0 Å². The van der Waals surface area contributed by atoms with Gasteiger partial charge in [0, 0.05) is 12.1 Å². The SMILES string of the molecule is CC(C)(O)C(C)(C)NC(=O)C1Cc2ccccc2N1. The molecule has 0 aromatic heterocycles. The van der Waals surface area contributed by atoms with Crippen LogP contribution in [0.3, 0.4) is 0 Å². The number of carbonyl (C=O) groups excluding carboxylic acids is 1. The van der Waals surface area contributed by atoms with Gasteiger partial charge in [0.1, 0.15) is 6.04 Å². The maximum atomic E-state index is 12.3. The molecule has 0 bridgehead atoms. The highest BCUT2D eigenvalue weighted by atomic mass is 16.3. The summed E-state index contributed by atoms with van der Waals surface area (Å²) in [5.74, 6) is -0.0803. The average Bonchev–Trinajstić information content (AvgIpc) is 2.70. The summed E-state index contributed by atoms with van der Waals surface area (Å²) in [7, 11) is 0. The van der Waals surface area contributed by atoms with Crippen LogP contribution in [0.5, 0.6) is 0 Å². The predicted molar refractivity (Wildman–Crippen MR) is 76.1 cm³/mol. The van der Waals surface area contributed by atoms with Gasteiger partial charge in [-0.15, -0.1) is 0 Å². The Morgan fingerprint density at radius 1 is 1.32 bits per heavy atom. The lowest BCUT2D eigenvalue weighted by Crippen LogP contribution is -2.60. The summed E-state index contributed by atoms with van der Waals surface area (Å²) in [4.78, 5) is 12.3. The highest BCUT2D eigenvalue weighted by molar-refractivity contribution is 5.88. The number of amides is 1. The lowest BCUT2D eigenvalue weighted by molar-refractivity contribution is -0.126. The van der Waals surface area contributed by atoms with Crippen molar-refractivity contribution in [1.29, 1.82) is 0 Å². The van der Waals surface area contributed by atoms with Gasteiger partial charge in [-0.1, -0.05) is 18.2 Å². The first-order valence-corrected chi connectivity index (χ1v) is 6.59. The van der Waals surface area contributed by atoms with Gasteiger partial charge in [-0.2, -0.15) is 0 Å². The van der Waals surface area contributed by atoms with Crippen LogP contribution in [0.25, 0.3) is 0 Å². The van der Waals surface area contributed by atoms with E-state index in [1.807, 2.05) is 38.1 Å². The second-order valence-corrected chi connectivity index (χ2v) is 6.23. The van der Waals surface area contributed by atoms with Crippen LogP contribution in [0.2, 0.25) is 0 Å². The van der Waals surface area contributed by atoms with E-state index in [0.717, 1.165) is 11.3 Å². The van der Waals surface area contributed by atoms with Gasteiger partial charge in [-0.3, -0.25) is 4.79 Å². The number of fused-ring (bicyclic) bond motifs is 1. The van der Waals surface area contributed by atoms with E-state index < -0.39 is 11.1 Å². The third-order valence-corrected chi connectivity index (χ3v) is 4.05. The molecule has 1 aromatic rings. The van der Waals surface area contributed by atoms with Gasteiger partial charge in [0.25, 0.3) is 0 Å². The van der Waals surface area contributed by atoms with Crippen LogP contribution in [0.1, 0.15) is 33.3 Å². The molecule has 104 valence electrons. The monoisotopic (exact) mass is 262 g/mol. The van der Waals surface area contributed by atoms with Crippen LogP contribution in [0.15, 0.2) is 24.3 Å². The molecule has 0 saturated carbocycles. The van der Waals surface area contributed by atoms with Crippen LogP contribution < -0.4 is 10.6 Å². The molecule has 3 N–H and O–H groups in total. The van der Waals surface area contributed by atoms with Crippen molar-refractivity contribution < 1.29 is 9.90 Å².